The molecule has 0 amide bonds. The predicted molar refractivity (Wildman–Crippen MR) is 282 cm³/mol. The number of fused-ring (bicyclic) bond motifs is 16. The van der Waals surface area contributed by atoms with Gasteiger partial charge < -0.3 is 9.64 Å². The van der Waals surface area contributed by atoms with Crippen molar-refractivity contribution in [2.45, 2.75) is 24.7 Å². The second kappa shape index (κ2) is 14.5. The number of hydrogen-bond donors (Lipinski definition) is 0. The zero-order valence-electron chi connectivity index (χ0n) is 37.9. The van der Waals surface area contributed by atoms with Gasteiger partial charge in [0.05, 0.1) is 11.1 Å². The highest BCUT2D eigenvalue weighted by atomic mass is 16.5. The normalized spacial score (nSPS) is 14.1. The van der Waals surface area contributed by atoms with Gasteiger partial charge in [-0.25, -0.2) is 0 Å². The predicted octanol–water partition coefficient (Wildman–Crippen LogP) is 17.6. The van der Waals surface area contributed by atoms with Crippen LogP contribution in [0.4, 0.5) is 17.1 Å². The third-order valence-electron chi connectivity index (χ3n) is 15.3. The molecule has 2 nitrogen and oxygen atoms in total. The molecular weight excluding hydrogens is 823 g/mol. The van der Waals surface area contributed by atoms with Crippen molar-refractivity contribution in [3.63, 3.8) is 0 Å². The number of rotatable bonds is 5. The molecule has 68 heavy (non-hydrogen) atoms. The lowest BCUT2D eigenvalue weighted by atomic mass is 9.65. The van der Waals surface area contributed by atoms with E-state index in [1.807, 2.05) is 0 Å². The van der Waals surface area contributed by atoms with Gasteiger partial charge in [-0.1, -0.05) is 208 Å². The van der Waals surface area contributed by atoms with Gasteiger partial charge >= 0.3 is 0 Å². The molecule has 0 N–H and O–H groups in total. The maximum absolute atomic E-state index is 7.20. The van der Waals surface area contributed by atoms with Gasteiger partial charge in [0.1, 0.15) is 11.5 Å². The van der Waals surface area contributed by atoms with Crippen LogP contribution in [0.15, 0.2) is 237 Å². The summed E-state index contributed by atoms with van der Waals surface area (Å²) in [7, 11) is 0. The fourth-order valence-corrected chi connectivity index (χ4v) is 12.2. The Labute approximate surface area is 397 Å². The topological polar surface area (TPSA) is 12.5 Å². The van der Waals surface area contributed by atoms with Gasteiger partial charge in [-0.2, -0.15) is 0 Å². The van der Waals surface area contributed by atoms with Crippen molar-refractivity contribution in [1.82, 2.24) is 0 Å². The zero-order valence-corrected chi connectivity index (χ0v) is 37.9. The molecule has 0 radical (unpaired) electrons. The average Bonchev–Trinajstić information content (AvgIpc) is 3.81. The minimum Gasteiger partial charge on any atom is -0.455 e. The summed E-state index contributed by atoms with van der Waals surface area (Å²) in [5.74, 6) is 1.86. The summed E-state index contributed by atoms with van der Waals surface area (Å²) in [4.78, 5) is 2.41. The third kappa shape index (κ3) is 5.40. The fraction of sp³-hybridized carbons (Fsp3) is 0.0606. The van der Waals surface area contributed by atoms with Crippen molar-refractivity contribution in [2.24, 2.45) is 0 Å². The Balaban J connectivity index is 0.925. The summed E-state index contributed by atoms with van der Waals surface area (Å²) in [5.41, 5.74) is 20.3. The van der Waals surface area contributed by atoms with Crippen LogP contribution in [0.5, 0.6) is 11.5 Å². The lowest BCUT2D eigenvalue weighted by molar-refractivity contribution is 0.447. The van der Waals surface area contributed by atoms with Gasteiger partial charge in [-0.05, 0) is 114 Å². The standard InChI is InChI=1S/C66H45NO/c1-65(2)56-25-13-10-23-52(56)54-40-45(32-36-57(54)65)42-28-34-48(35-29-42)67(47-18-4-3-5-19-47)62-27-15-12-20-49(62)46-33-37-59-55(41-46)53-24-11-14-26-58(53)66(59)60-38-30-43-16-6-8-21-50(43)63(60)68-64-51-22-9-7-17-44(51)31-39-61(64)66/h3-41H,1-2H3. The van der Waals surface area contributed by atoms with Gasteiger partial charge in [0.15, 0.2) is 0 Å². The molecule has 1 aliphatic heterocycles. The van der Waals surface area contributed by atoms with Crippen molar-refractivity contribution >= 4 is 38.6 Å². The third-order valence-corrected chi connectivity index (χ3v) is 15.3. The van der Waals surface area contributed by atoms with Crippen LogP contribution in [0.1, 0.15) is 47.2 Å². The first-order valence-electron chi connectivity index (χ1n) is 23.7. The van der Waals surface area contributed by atoms with Crippen LogP contribution in [0.25, 0.3) is 66.1 Å². The van der Waals surface area contributed by atoms with Crippen LogP contribution >= 0.6 is 0 Å². The van der Waals surface area contributed by atoms with Crippen LogP contribution < -0.4 is 9.64 Å². The molecule has 0 bridgehead atoms. The Hall–Kier alpha value is -8.46. The van der Waals surface area contributed by atoms with Crippen molar-refractivity contribution in [3.8, 4) is 56.0 Å². The summed E-state index contributed by atoms with van der Waals surface area (Å²) in [6.07, 6.45) is 0. The Bertz CT molecular complexity index is 3780. The smallest absolute Gasteiger partial charge is 0.140 e. The fourth-order valence-electron chi connectivity index (χ4n) is 12.2. The van der Waals surface area contributed by atoms with Crippen molar-refractivity contribution in [3.05, 3.63) is 270 Å². The first kappa shape index (κ1) is 38.8. The molecule has 0 saturated carbocycles. The van der Waals surface area contributed by atoms with E-state index in [0.717, 1.165) is 50.5 Å². The minimum atomic E-state index is -0.600. The van der Waals surface area contributed by atoms with Crippen LogP contribution in [0.2, 0.25) is 0 Å². The molecule has 1 heterocycles. The van der Waals surface area contributed by atoms with E-state index in [2.05, 4.69) is 255 Å². The van der Waals surface area contributed by atoms with Crippen LogP contribution in [-0.2, 0) is 10.8 Å². The maximum Gasteiger partial charge on any atom is 0.140 e. The first-order valence-corrected chi connectivity index (χ1v) is 23.7. The molecule has 1 spiro atoms. The summed E-state index contributed by atoms with van der Waals surface area (Å²) < 4.78 is 7.20. The van der Waals surface area contributed by atoms with Gasteiger partial charge in [-0.15, -0.1) is 0 Å². The highest BCUT2D eigenvalue weighted by molar-refractivity contribution is 6.01. The second-order valence-electron chi connectivity index (χ2n) is 19.2. The van der Waals surface area contributed by atoms with Gasteiger partial charge in [0, 0.05) is 44.3 Å². The second-order valence-corrected chi connectivity index (χ2v) is 19.2. The van der Waals surface area contributed by atoms with E-state index in [1.165, 1.54) is 77.5 Å². The lowest BCUT2D eigenvalue weighted by Gasteiger charge is -2.40. The van der Waals surface area contributed by atoms with E-state index in [-0.39, 0.29) is 5.41 Å². The van der Waals surface area contributed by atoms with Crippen LogP contribution in [0.3, 0.4) is 0 Å². The van der Waals surface area contributed by atoms with Gasteiger partial charge in [-0.3, -0.25) is 0 Å². The molecule has 11 aromatic rings. The summed E-state index contributed by atoms with van der Waals surface area (Å²) in [5, 5.41) is 4.57. The number of anilines is 3. The molecular formula is C66H45NO. The Kier molecular flexibility index (Phi) is 8.28. The van der Waals surface area contributed by atoms with E-state index in [0.29, 0.717) is 0 Å². The molecule has 11 aromatic carbocycles. The molecule has 2 heteroatoms. The Morgan fingerprint density at radius 1 is 0.324 bits per heavy atom. The maximum atomic E-state index is 7.20. The SMILES string of the molecule is CC1(C)c2ccccc2-c2cc(-c3ccc(N(c4ccccc4)c4ccccc4-c4ccc5c(c4)-c4ccccc4C54c5ccc6ccccc6c5Oc5c4ccc4ccccc54)cc3)ccc21. The monoisotopic (exact) mass is 867 g/mol. The van der Waals surface area contributed by atoms with E-state index in [4.69, 9.17) is 4.74 Å². The van der Waals surface area contributed by atoms with Gasteiger partial charge in [0.25, 0.3) is 0 Å². The molecule has 320 valence electrons. The molecule has 0 atom stereocenters. The molecule has 0 unspecified atom stereocenters. The van der Waals surface area contributed by atoms with Gasteiger partial charge in [0.2, 0.25) is 0 Å². The molecule has 0 saturated heterocycles. The first-order chi connectivity index (χ1) is 33.5. The molecule has 14 rings (SSSR count). The highest BCUT2D eigenvalue weighted by Gasteiger charge is 2.52. The number of nitrogens with zero attached hydrogens (tertiary/aromatic N) is 1. The Morgan fingerprint density at radius 3 is 1.49 bits per heavy atom. The number of ether oxygens (including phenoxy) is 1. The average molecular weight is 868 g/mol. The van der Waals surface area contributed by atoms with Crippen molar-refractivity contribution < 1.29 is 4.74 Å². The minimum absolute atomic E-state index is 0.0200. The summed E-state index contributed by atoms with van der Waals surface area (Å²) >= 11 is 0. The Morgan fingerprint density at radius 2 is 0.779 bits per heavy atom. The number of benzene rings is 11. The zero-order chi connectivity index (χ0) is 45.1. The quantitative estimate of drug-likeness (QED) is 0.171. The largest absolute Gasteiger partial charge is 0.455 e. The number of hydrogen-bond acceptors (Lipinski definition) is 2. The van der Waals surface area contributed by atoms with E-state index >= 15 is 0 Å². The molecule has 0 fully saturated rings. The van der Waals surface area contributed by atoms with E-state index < -0.39 is 5.41 Å². The molecule has 2 aliphatic carbocycles. The van der Waals surface area contributed by atoms with Crippen LogP contribution in [-0.4, -0.2) is 0 Å². The molecule has 0 aromatic heterocycles. The number of para-hydroxylation sites is 2. The summed E-state index contributed by atoms with van der Waals surface area (Å²) in [6, 6.07) is 87.3. The van der Waals surface area contributed by atoms with E-state index in [1.54, 1.807) is 0 Å². The summed E-state index contributed by atoms with van der Waals surface area (Å²) in [6.45, 7) is 4.68. The van der Waals surface area contributed by atoms with Crippen molar-refractivity contribution in [1.29, 1.82) is 0 Å². The lowest BCUT2D eigenvalue weighted by Crippen LogP contribution is -2.32. The molecule has 3 aliphatic rings. The van der Waals surface area contributed by atoms with E-state index in [9.17, 15) is 0 Å². The van der Waals surface area contributed by atoms with Crippen molar-refractivity contribution in [2.75, 3.05) is 4.90 Å². The highest BCUT2D eigenvalue weighted by Crippen LogP contribution is 2.64. The van der Waals surface area contributed by atoms with Crippen LogP contribution in [0, 0.1) is 0 Å².